The van der Waals surface area contributed by atoms with E-state index in [1.54, 1.807) is 0 Å². The van der Waals surface area contributed by atoms with Crippen LogP contribution in [0.4, 0.5) is 0 Å². The number of fused-ring (bicyclic) bond motifs is 5. The summed E-state index contributed by atoms with van der Waals surface area (Å²) < 4.78 is 30.9. The number of hydrogen-bond acceptors (Lipinski definition) is 14. The van der Waals surface area contributed by atoms with Gasteiger partial charge in [-0.3, -0.25) is 0 Å². The van der Waals surface area contributed by atoms with Crippen molar-refractivity contribution >= 4 is 0 Å². The van der Waals surface area contributed by atoms with Gasteiger partial charge < -0.3 is 69.6 Å². The number of aliphatic hydroxyl groups is 9. The highest BCUT2D eigenvalue weighted by Crippen LogP contribution is 2.76. The van der Waals surface area contributed by atoms with Crippen LogP contribution in [0.2, 0.25) is 0 Å². The van der Waals surface area contributed by atoms with Crippen molar-refractivity contribution in [1.29, 1.82) is 0 Å². The fraction of sp³-hybridized carbons (Fsp3) is 0.952. The van der Waals surface area contributed by atoms with Crippen LogP contribution in [0.25, 0.3) is 0 Å². The molecule has 7 fully saturated rings. The van der Waals surface area contributed by atoms with E-state index in [0.29, 0.717) is 25.7 Å². The fourth-order valence-corrected chi connectivity index (χ4v) is 13.5. The maximum absolute atomic E-state index is 12.3. The Labute approximate surface area is 331 Å². The molecule has 3 heterocycles. The summed E-state index contributed by atoms with van der Waals surface area (Å²) in [5.74, 6) is -0.281. The molecule has 0 bridgehead atoms. The Morgan fingerprint density at radius 2 is 1.46 bits per heavy atom. The Bertz CT molecular complexity index is 1470. The molecule has 322 valence electrons. The predicted molar refractivity (Wildman–Crippen MR) is 200 cm³/mol. The maximum atomic E-state index is 12.3. The lowest BCUT2D eigenvalue weighted by atomic mass is 9.34. The summed E-state index contributed by atoms with van der Waals surface area (Å²) >= 11 is 0. The lowest BCUT2D eigenvalue weighted by Crippen LogP contribution is -2.71. The summed E-state index contributed by atoms with van der Waals surface area (Å²) in [5.41, 5.74) is -1.19. The van der Waals surface area contributed by atoms with Gasteiger partial charge in [0.15, 0.2) is 12.6 Å². The van der Waals surface area contributed by atoms with E-state index < -0.39 is 109 Å². The van der Waals surface area contributed by atoms with Gasteiger partial charge in [-0.1, -0.05) is 46.3 Å². The number of aliphatic hydroxyl groups excluding tert-OH is 9. The van der Waals surface area contributed by atoms with Crippen LogP contribution in [-0.2, 0) is 23.7 Å². The van der Waals surface area contributed by atoms with Crippen molar-refractivity contribution in [2.75, 3.05) is 6.61 Å². The molecule has 7 rings (SSSR count). The van der Waals surface area contributed by atoms with Crippen LogP contribution in [0.1, 0.15) is 101 Å². The van der Waals surface area contributed by atoms with Crippen molar-refractivity contribution in [2.45, 2.75) is 198 Å². The maximum Gasteiger partial charge on any atom is 0.187 e. The normalized spacial score (nSPS) is 55.8. The van der Waals surface area contributed by atoms with Gasteiger partial charge in [0.25, 0.3) is 0 Å². The second-order valence-corrected chi connectivity index (χ2v) is 20.6. The Morgan fingerprint density at radius 1 is 0.804 bits per heavy atom. The molecule has 14 heteroatoms. The summed E-state index contributed by atoms with van der Waals surface area (Å²) in [5, 5.41) is 99.4. The van der Waals surface area contributed by atoms with E-state index in [1.165, 1.54) is 6.92 Å². The third-order valence-electron chi connectivity index (χ3n) is 16.9. The van der Waals surface area contributed by atoms with Crippen molar-refractivity contribution in [3.63, 3.8) is 0 Å². The van der Waals surface area contributed by atoms with Gasteiger partial charge in [0.1, 0.15) is 54.9 Å². The number of epoxide rings is 1. The Kier molecular flexibility index (Phi) is 11.3. The van der Waals surface area contributed by atoms with E-state index in [4.69, 9.17) is 23.7 Å². The van der Waals surface area contributed by atoms with E-state index in [0.717, 1.165) is 18.4 Å². The van der Waals surface area contributed by atoms with Crippen LogP contribution in [0.15, 0.2) is 11.6 Å². The van der Waals surface area contributed by atoms with Gasteiger partial charge >= 0.3 is 0 Å². The van der Waals surface area contributed by atoms with E-state index in [2.05, 4.69) is 27.7 Å². The van der Waals surface area contributed by atoms with Crippen LogP contribution in [0, 0.1) is 45.3 Å². The van der Waals surface area contributed by atoms with Crippen LogP contribution in [0.5, 0.6) is 0 Å². The van der Waals surface area contributed by atoms with Crippen LogP contribution >= 0.6 is 0 Å². The van der Waals surface area contributed by atoms with Crippen LogP contribution < -0.4 is 0 Å². The zero-order valence-corrected chi connectivity index (χ0v) is 34.6. The molecule has 3 aliphatic heterocycles. The molecule has 7 aliphatic rings. The minimum absolute atomic E-state index is 0.0402. The molecule has 0 amide bonds. The van der Waals surface area contributed by atoms with E-state index in [9.17, 15) is 46.0 Å². The predicted octanol–water partition coefficient (Wildman–Crippen LogP) is 1.13. The lowest BCUT2D eigenvalue weighted by molar-refractivity contribution is -0.381. The van der Waals surface area contributed by atoms with E-state index in [1.807, 2.05) is 33.8 Å². The number of rotatable bonds is 8. The second kappa shape index (κ2) is 14.7. The summed E-state index contributed by atoms with van der Waals surface area (Å²) in [7, 11) is 0. The molecule has 0 spiro atoms. The third kappa shape index (κ3) is 6.59. The zero-order chi connectivity index (χ0) is 41.2. The molecule has 3 saturated heterocycles. The fourth-order valence-electron chi connectivity index (χ4n) is 13.5. The Balaban J connectivity index is 1.25. The highest BCUT2D eigenvalue weighted by atomic mass is 16.8. The van der Waals surface area contributed by atoms with Gasteiger partial charge in [-0.15, -0.1) is 0 Å². The monoisotopic (exact) mass is 798 g/mol. The van der Waals surface area contributed by atoms with Crippen molar-refractivity contribution in [3.05, 3.63) is 11.6 Å². The van der Waals surface area contributed by atoms with Crippen molar-refractivity contribution in [2.24, 2.45) is 45.3 Å². The molecule has 4 aliphatic carbocycles. The second-order valence-electron chi connectivity index (χ2n) is 20.6. The number of ether oxygens (including phenoxy) is 5. The molecule has 0 aromatic heterocycles. The quantitative estimate of drug-likeness (QED) is 0.0953. The standard InChI is InChI=1S/C42H70O14/c1-18(14-22(45)35-39(5,6)56-35)20-10-13-41(8)27(20)21(44)15-25-40(7)12-11-26(46)38(3,4)34(40)23(16-42(25,41)9)53-37-33(31(50)29(48)24(17-43)54-37)55-36-32(51)30(49)28(47)19(2)52-36/h14,19-37,43-51H,10-13,15-17H2,1-9H3/b18-14+/t19-,20+,21+,22-,23-,24+,25+,26-,27-,28-,29+,30+,31-,32+,33+,34-,35-,36-,37+,40+,41+,42+/m0/s1. The van der Waals surface area contributed by atoms with Gasteiger partial charge in [0, 0.05) is 0 Å². The highest BCUT2D eigenvalue weighted by molar-refractivity contribution is 5.25. The van der Waals surface area contributed by atoms with Gasteiger partial charge in [-0.05, 0) is 112 Å². The molecule has 0 aromatic rings. The zero-order valence-electron chi connectivity index (χ0n) is 34.6. The topological polar surface area (TPSA) is 232 Å². The largest absolute Gasteiger partial charge is 0.394 e. The first-order valence-electron chi connectivity index (χ1n) is 21.0. The van der Waals surface area contributed by atoms with Gasteiger partial charge in [-0.25, -0.2) is 0 Å². The summed E-state index contributed by atoms with van der Waals surface area (Å²) in [6, 6.07) is 0. The van der Waals surface area contributed by atoms with Crippen molar-refractivity contribution in [3.8, 4) is 0 Å². The van der Waals surface area contributed by atoms with E-state index >= 15 is 0 Å². The molecule has 14 nitrogen and oxygen atoms in total. The summed E-state index contributed by atoms with van der Waals surface area (Å²) in [6.45, 7) is 17.8. The SMILES string of the molecule is C/C(=C\[C@H](O)[C@@H]1OC1(C)C)[C@H]1CC[C@]2(C)[C@@H]1[C@H](O)C[C@@H]1[C@@]3(C)CC[C@H](O)C(C)(C)[C@@H]3[C@@H](O[C@@H]3O[C@H](CO)[C@@H](O)[C@H](O)[C@H]3O[C@@H]3O[C@@H](C)[C@H](O)[C@@H](O)[C@H]3O)C[C@]12C. The molecule has 9 N–H and O–H groups in total. The Morgan fingerprint density at radius 3 is 2.09 bits per heavy atom. The van der Waals surface area contributed by atoms with Crippen molar-refractivity contribution < 1.29 is 69.6 Å². The minimum atomic E-state index is -1.70. The summed E-state index contributed by atoms with van der Waals surface area (Å²) in [4.78, 5) is 0. The first-order chi connectivity index (χ1) is 25.9. The third-order valence-corrected chi connectivity index (χ3v) is 16.9. The molecule has 0 radical (unpaired) electrons. The molecule has 4 saturated carbocycles. The average Bonchev–Trinajstić information content (AvgIpc) is 3.60. The van der Waals surface area contributed by atoms with Gasteiger partial charge in [-0.2, -0.15) is 0 Å². The Hall–Kier alpha value is -0.820. The molecule has 0 unspecified atom stereocenters. The lowest BCUT2D eigenvalue weighted by Gasteiger charge is -2.72. The summed E-state index contributed by atoms with van der Waals surface area (Å²) in [6.07, 6.45) is -11.4. The smallest absolute Gasteiger partial charge is 0.187 e. The van der Waals surface area contributed by atoms with Crippen molar-refractivity contribution in [1.82, 2.24) is 0 Å². The molecule has 56 heavy (non-hydrogen) atoms. The average molecular weight is 799 g/mol. The van der Waals surface area contributed by atoms with Gasteiger partial charge in [0.05, 0.1) is 36.6 Å². The van der Waals surface area contributed by atoms with Crippen LogP contribution in [0.3, 0.4) is 0 Å². The first-order valence-corrected chi connectivity index (χ1v) is 21.0. The van der Waals surface area contributed by atoms with E-state index in [-0.39, 0.29) is 40.8 Å². The molecular weight excluding hydrogens is 728 g/mol. The molecule has 22 atom stereocenters. The van der Waals surface area contributed by atoms with Gasteiger partial charge in [0.2, 0.25) is 0 Å². The number of hydrogen-bond donors (Lipinski definition) is 9. The molecule has 0 aromatic carbocycles. The minimum Gasteiger partial charge on any atom is -0.394 e. The molecular formula is C42H70O14. The number of allylic oxidation sites excluding steroid dienone is 1. The first kappa shape index (κ1) is 43.3. The highest BCUT2D eigenvalue weighted by Gasteiger charge is 2.73. The van der Waals surface area contributed by atoms with Crippen LogP contribution in [-0.4, -0.2) is 150 Å².